The predicted molar refractivity (Wildman–Crippen MR) is 62.7 cm³/mol. The van der Waals surface area contributed by atoms with Crippen molar-refractivity contribution in [3.8, 4) is 0 Å². The summed E-state index contributed by atoms with van der Waals surface area (Å²) < 4.78 is 0. The largest absolute Gasteiger partial charge is 0.335 e. The van der Waals surface area contributed by atoms with Crippen LogP contribution in [-0.2, 0) is 4.79 Å². The third-order valence-electron chi connectivity index (χ3n) is 2.93. The van der Waals surface area contributed by atoms with Gasteiger partial charge in [-0.15, -0.1) is 0 Å². The lowest BCUT2D eigenvalue weighted by Crippen LogP contribution is -2.41. The molecule has 1 aliphatic heterocycles. The fourth-order valence-electron chi connectivity index (χ4n) is 2.17. The van der Waals surface area contributed by atoms with Gasteiger partial charge < -0.3 is 10.2 Å². The zero-order valence-electron chi connectivity index (χ0n) is 10.0. The second kappa shape index (κ2) is 5.91. The number of carbonyl (C=O) groups excluding carboxylic acids is 1. The summed E-state index contributed by atoms with van der Waals surface area (Å²) in [5.74, 6) is 0.217. The van der Waals surface area contributed by atoms with E-state index in [0.717, 1.165) is 37.9 Å². The summed E-state index contributed by atoms with van der Waals surface area (Å²) in [4.78, 5) is 14.1. The van der Waals surface area contributed by atoms with Gasteiger partial charge in [0.05, 0.1) is 0 Å². The van der Waals surface area contributed by atoms with Crippen molar-refractivity contribution in [1.82, 2.24) is 10.2 Å². The van der Waals surface area contributed by atoms with Gasteiger partial charge in [0.2, 0.25) is 5.91 Å². The van der Waals surface area contributed by atoms with Crippen molar-refractivity contribution in [2.75, 3.05) is 20.1 Å². The number of hydrogen-bond acceptors (Lipinski definition) is 2. The van der Waals surface area contributed by atoms with E-state index in [1.807, 2.05) is 24.9 Å². The molecule has 0 aromatic heterocycles. The van der Waals surface area contributed by atoms with Gasteiger partial charge in [0.1, 0.15) is 0 Å². The molecule has 0 saturated carbocycles. The Bertz CT molecular complexity index is 248. The summed E-state index contributed by atoms with van der Waals surface area (Å²) in [5, 5.41) is 3.15. The molecular formula is C12H22N2O. The molecule has 15 heavy (non-hydrogen) atoms. The molecule has 1 saturated heterocycles. The van der Waals surface area contributed by atoms with E-state index in [0.29, 0.717) is 6.04 Å². The Morgan fingerprint density at radius 1 is 1.60 bits per heavy atom. The van der Waals surface area contributed by atoms with E-state index in [-0.39, 0.29) is 5.91 Å². The Hall–Kier alpha value is -0.830. The van der Waals surface area contributed by atoms with Gasteiger partial charge in [0.15, 0.2) is 0 Å². The number of likely N-dealkylation sites (N-methyl/N-ethyl adjacent to an activating group) is 1. The SMILES string of the molecule is CC/C=C(\C)C(=O)N1CCC[C@H]1CNC. The van der Waals surface area contributed by atoms with Crippen LogP contribution in [0.4, 0.5) is 0 Å². The van der Waals surface area contributed by atoms with Crippen molar-refractivity contribution < 1.29 is 4.79 Å². The molecule has 1 aliphatic rings. The summed E-state index contributed by atoms with van der Waals surface area (Å²) in [5.41, 5.74) is 0.889. The maximum absolute atomic E-state index is 12.1. The summed E-state index contributed by atoms with van der Waals surface area (Å²) >= 11 is 0. The molecule has 3 heteroatoms. The second-order valence-corrected chi connectivity index (χ2v) is 4.15. The maximum Gasteiger partial charge on any atom is 0.249 e. The van der Waals surface area contributed by atoms with Gasteiger partial charge in [-0.2, -0.15) is 0 Å². The molecule has 0 spiro atoms. The minimum Gasteiger partial charge on any atom is -0.335 e. The van der Waals surface area contributed by atoms with Crippen LogP contribution in [0.3, 0.4) is 0 Å². The van der Waals surface area contributed by atoms with E-state index in [1.165, 1.54) is 0 Å². The molecule has 1 amide bonds. The average molecular weight is 210 g/mol. The van der Waals surface area contributed by atoms with Gasteiger partial charge in [0, 0.05) is 24.7 Å². The van der Waals surface area contributed by atoms with Gasteiger partial charge in [-0.1, -0.05) is 13.0 Å². The number of nitrogens with zero attached hydrogens (tertiary/aromatic N) is 1. The highest BCUT2D eigenvalue weighted by molar-refractivity contribution is 5.93. The monoisotopic (exact) mass is 210 g/mol. The highest BCUT2D eigenvalue weighted by Gasteiger charge is 2.28. The van der Waals surface area contributed by atoms with E-state index in [2.05, 4.69) is 12.2 Å². The van der Waals surface area contributed by atoms with Crippen molar-refractivity contribution >= 4 is 5.91 Å². The molecule has 0 aromatic carbocycles. The van der Waals surface area contributed by atoms with Gasteiger partial charge in [-0.25, -0.2) is 0 Å². The highest BCUT2D eigenvalue weighted by Crippen LogP contribution is 2.19. The van der Waals surface area contributed by atoms with Crippen molar-refractivity contribution in [2.24, 2.45) is 0 Å². The number of hydrogen-bond donors (Lipinski definition) is 1. The van der Waals surface area contributed by atoms with Gasteiger partial charge in [-0.05, 0) is 33.2 Å². The smallest absolute Gasteiger partial charge is 0.249 e. The molecule has 1 atom stereocenters. The molecule has 0 aromatic rings. The van der Waals surface area contributed by atoms with Crippen LogP contribution in [0, 0.1) is 0 Å². The van der Waals surface area contributed by atoms with Crippen LogP contribution < -0.4 is 5.32 Å². The molecule has 3 nitrogen and oxygen atoms in total. The zero-order valence-corrected chi connectivity index (χ0v) is 10.0. The lowest BCUT2D eigenvalue weighted by atomic mass is 10.2. The summed E-state index contributed by atoms with van der Waals surface area (Å²) in [7, 11) is 1.94. The van der Waals surface area contributed by atoms with Crippen molar-refractivity contribution in [3.05, 3.63) is 11.6 Å². The van der Waals surface area contributed by atoms with Gasteiger partial charge in [0.25, 0.3) is 0 Å². The van der Waals surface area contributed by atoms with Gasteiger partial charge >= 0.3 is 0 Å². The number of amides is 1. The Balaban J connectivity index is 2.62. The van der Waals surface area contributed by atoms with E-state index < -0.39 is 0 Å². The zero-order chi connectivity index (χ0) is 11.3. The number of nitrogens with one attached hydrogen (secondary N) is 1. The van der Waals surface area contributed by atoms with Crippen LogP contribution in [0.25, 0.3) is 0 Å². The molecule has 0 aliphatic carbocycles. The van der Waals surface area contributed by atoms with Gasteiger partial charge in [-0.3, -0.25) is 4.79 Å². The van der Waals surface area contributed by atoms with Crippen LogP contribution in [-0.4, -0.2) is 37.0 Å². The van der Waals surface area contributed by atoms with Crippen LogP contribution >= 0.6 is 0 Å². The van der Waals surface area contributed by atoms with E-state index in [9.17, 15) is 4.79 Å². The topological polar surface area (TPSA) is 32.3 Å². The second-order valence-electron chi connectivity index (χ2n) is 4.15. The molecule has 1 rings (SSSR count). The highest BCUT2D eigenvalue weighted by atomic mass is 16.2. The molecule has 0 bridgehead atoms. The normalized spacial score (nSPS) is 22.2. The van der Waals surface area contributed by atoms with Crippen molar-refractivity contribution in [1.29, 1.82) is 0 Å². The molecule has 1 fully saturated rings. The first-order chi connectivity index (χ1) is 7.20. The Morgan fingerprint density at radius 3 is 2.93 bits per heavy atom. The molecular weight excluding hydrogens is 188 g/mol. The van der Waals surface area contributed by atoms with Crippen LogP contribution in [0.2, 0.25) is 0 Å². The first kappa shape index (κ1) is 12.2. The molecule has 1 N–H and O–H groups in total. The number of carbonyl (C=O) groups is 1. The standard InChI is InChI=1S/C12H22N2O/c1-4-6-10(2)12(15)14-8-5-7-11(14)9-13-3/h6,11,13H,4-5,7-9H2,1-3H3/b10-6+/t11-/m0/s1. The van der Waals surface area contributed by atoms with E-state index in [1.54, 1.807) is 0 Å². The number of rotatable bonds is 4. The molecule has 0 radical (unpaired) electrons. The van der Waals surface area contributed by atoms with Crippen molar-refractivity contribution in [2.45, 2.75) is 39.2 Å². The first-order valence-electron chi connectivity index (χ1n) is 5.83. The lowest BCUT2D eigenvalue weighted by molar-refractivity contribution is -0.127. The maximum atomic E-state index is 12.1. The fourth-order valence-corrected chi connectivity index (χ4v) is 2.17. The Morgan fingerprint density at radius 2 is 2.33 bits per heavy atom. The average Bonchev–Trinajstić information content (AvgIpc) is 2.66. The molecule has 86 valence electrons. The minimum absolute atomic E-state index is 0.217. The quantitative estimate of drug-likeness (QED) is 0.714. The van der Waals surface area contributed by atoms with Crippen LogP contribution in [0.5, 0.6) is 0 Å². The summed E-state index contributed by atoms with van der Waals surface area (Å²) in [6, 6.07) is 0.391. The van der Waals surface area contributed by atoms with Crippen molar-refractivity contribution in [3.63, 3.8) is 0 Å². The molecule has 1 heterocycles. The summed E-state index contributed by atoms with van der Waals surface area (Å²) in [6.45, 7) is 5.80. The predicted octanol–water partition coefficient (Wildman–Crippen LogP) is 1.55. The third kappa shape index (κ3) is 3.06. The third-order valence-corrected chi connectivity index (χ3v) is 2.93. The van der Waals surface area contributed by atoms with E-state index >= 15 is 0 Å². The summed E-state index contributed by atoms with van der Waals surface area (Å²) in [6.07, 6.45) is 5.21. The first-order valence-corrected chi connectivity index (χ1v) is 5.83. The fraction of sp³-hybridized carbons (Fsp3) is 0.750. The minimum atomic E-state index is 0.217. The molecule has 0 unspecified atom stereocenters. The lowest BCUT2D eigenvalue weighted by Gasteiger charge is -2.24. The number of likely N-dealkylation sites (tertiary alicyclic amines) is 1. The number of allylic oxidation sites excluding steroid dienone is 1. The Labute approximate surface area is 92.5 Å². The van der Waals surface area contributed by atoms with Crippen LogP contribution in [0.1, 0.15) is 33.1 Å². The van der Waals surface area contributed by atoms with Crippen LogP contribution in [0.15, 0.2) is 11.6 Å². The van der Waals surface area contributed by atoms with E-state index in [4.69, 9.17) is 0 Å². The Kier molecular flexibility index (Phi) is 4.82.